The van der Waals surface area contributed by atoms with Crippen LogP contribution in [0.3, 0.4) is 0 Å². The highest BCUT2D eigenvalue weighted by atomic mass is 16.6. The molecule has 0 spiro atoms. The second kappa shape index (κ2) is 25.3. The number of esters is 6. The number of aryl methyl sites for hydroxylation is 1. The Labute approximate surface area is 360 Å². The molecule has 3 rings (SSSR count). The first-order chi connectivity index (χ1) is 29.1. The summed E-state index contributed by atoms with van der Waals surface area (Å²) in [6, 6.07) is 11.7. The average Bonchev–Trinajstić information content (AvgIpc) is 3.23. The van der Waals surface area contributed by atoms with Crippen molar-refractivity contribution in [2.24, 2.45) is 11.3 Å². The second-order valence-corrected chi connectivity index (χ2v) is 15.7. The van der Waals surface area contributed by atoms with E-state index in [1.807, 2.05) is 6.07 Å². The molecule has 13 nitrogen and oxygen atoms in total. The lowest BCUT2D eigenvalue weighted by Gasteiger charge is -2.32. The van der Waals surface area contributed by atoms with Crippen LogP contribution in [0.5, 0.6) is 11.5 Å². The molecule has 61 heavy (non-hydrogen) atoms. The van der Waals surface area contributed by atoms with Crippen LogP contribution in [0, 0.1) is 11.3 Å². The number of hydrogen-bond donors (Lipinski definition) is 0. The van der Waals surface area contributed by atoms with E-state index >= 15 is 0 Å². The Balaban J connectivity index is 1.99. The van der Waals surface area contributed by atoms with E-state index in [1.54, 1.807) is 26.0 Å². The van der Waals surface area contributed by atoms with Crippen molar-refractivity contribution in [3.63, 3.8) is 0 Å². The van der Waals surface area contributed by atoms with Gasteiger partial charge in [0.1, 0.15) is 44.7 Å². The normalized spacial score (nSPS) is 14.9. The maximum atomic E-state index is 13.0. The van der Waals surface area contributed by atoms with Crippen molar-refractivity contribution in [2.75, 3.05) is 39.6 Å². The van der Waals surface area contributed by atoms with Gasteiger partial charge >= 0.3 is 35.8 Å². The number of carbonyl (C=O) groups excluding carboxylic acids is 6. The lowest BCUT2D eigenvalue weighted by Crippen LogP contribution is -2.44. The molecule has 0 N–H and O–H groups in total. The third-order valence-corrected chi connectivity index (χ3v) is 10.5. The molecule has 1 aliphatic carbocycles. The molecule has 334 valence electrons. The standard InChI is InChI=1S/C48H64O13/c1-9-13-14-15-34-16-18-36(19-17-34)37-20-22-39(35(10-2)24-37)38-21-23-40(41(25-38)61-47(54)33(7)8)57-28-48(31-60-46(53)32(5)6,29-58-44(51)26-42(49)55-11-3)30-59-45(52)27-43(50)56-12-4/h20-25,34,36H,5,7,9-19,26-31H2,1-4,6,8H3. The molecule has 0 saturated heterocycles. The molecule has 1 saturated carbocycles. The van der Waals surface area contributed by atoms with E-state index in [1.165, 1.54) is 70.8 Å². The molecule has 0 amide bonds. The molecule has 0 atom stereocenters. The summed E-state index contributed by atoms with van der Waals surface area (Å²) in [6.45, 7) is 15.7. The van der Waals surface area contributed by atoms with Crippen molar-refractivity contribution in [2.45, 2.75) is 118 Å². The molecule has 0 aromatic heterocycles. The Morgan fingerprint density at radius 2 is 1.21 bits per heavy atom. The van der Waals surface area contributed by atoms with Crippen LogP contribution in [-0.2, 0) is 58.9 Å². The van der Waals surface area contributed by atoms with E-state index in [0.717, 1.165) is 29.0 Å². The Hall–Kier alpha value is -5.46. The summed E-state index contributed by atoms with van der Waals surface area (Å²) in [5.41, 5.74) is 2.76. The van der Waals surface area contributed by atoms with Gasteiger partial charge in [-0.2, -0.15) is 0 Å². The highest BCUT2D eigenvalue weighted by Gasteiger charge is 2.38. The summed E-state index contributed by atoms with van der Waals surface area (Å²) in [4.78, 5) is 75.2. The van der Waals surface area contributed by atoms with Gasteiger partial charge in [0, 0.05) is 11.1 Å². The van der Waals surface area contributed by atoms with Gasteiger partial charge in [-0.25, -0.2) is 9.59 Å². The van der Waals surface area contributed by atoms with E-state index < -0.39 is 80.5 Å². The van der Waals surface area contributed by atoms with E-state index in [9.17, 15) is 28.8 Å². The van der Waals surface area contributed by atoms with E-state index in [2.05, 4.69) is 45.2 Å². The molecule has 0 heterocycles. The first kappa shape index (κ1) is 49.9. The van der Waals surface area contributed by atoms with Gasteiger partial charge in [0.05, 0.1) is 13.2 Å². The Morgan fingerprint density at radius 3 is 1.75 bits per heavy atom. The minimum absolute atomic E-state index is 0.0411. The van der Waals surface area contributed by atoms with Crippen molar-refractivity contribution < 1.29 is 61.9 Å². The fourth-order valence-electron chi connectivity index (χ4n) is 7.02. The molecule has 1 aliphatic rings. The molecule has 2 aromatic rings. The third-order valence-electron chi connectivity index (χ3n) is 10.5. The van der Waals surface area contributed by atoms with Gasteiger partial charge in [-0.15, -0.1) is 0 Å². The first-order valence-corrected chi connectivity index (χ1v) is 21.4. The van der Waals surface area contributed by atoms with Gasteiger partial charge in [-0.05, 0) is 106 Å². The number of carbonyl (C=O) groups is 6. The topological polar surface area (TPSA) is 167 Å². The van der Waals surface area contributed by atoms with Gasteiger partial charge in [0.25, 0.3) is 0 Å². The van der Waals surface area contributed by atoms with Crippen LogP contribution in [0.25, 0.3) is 11.1 Å². The van der Waals surface area contributed by atoms with Gasteiger partial charge in [0.15, 0.2) is 11.5 Å². The van der Waals surface area contributed by atoms with E-state index in [4.69, 9.17) is 33.2 Å². The van der Waals surface area contributed by atoms with E-state index in [-0.39, 0.29) is 35.9 Å². The number of rotatable bonds is 25. The van der Waals surface area contributed by atoms with E-state index in [0.29, 0.717) is 5.92 Å². The van der Waals surface area contributed by atoms with Crippen molar-refractivity contribution in [1.29, 1.82) is 0 Å². The molecule has 0 radical (unpaired) electrons. The zero-order chi connectivity index (χ0) is 45.0. The maximum Gasteiger partial charge on any atom is 0.338 e. The summed E-state index contributed by atoms with van der Waals surface area (Å²) in [5.74, 6) is -3.66. The third kappa shape index (κ3) is 16.5. The largest absolute Gasteiger partial charge is 0.489 e. The SMILES string of the molecule is C=C(C)C(=O)OCC(COC(=O)CC(=O)OCC)(COC(=O)CC(=O)OCC)COc1ccc(-c2ccc(C3CCC(CCCCC)CC3)cc2CC)cc1OC(=O)C(=C)C. The molecule has 13 heteroatoms. The van der Waals surface area contributed by atoms with Crippen molar-refractivity contribution in [3.8, 4) is 22.6 Å². The first-order valence-electron chi connectivity index (χ1n) is 21.4. The molecule has 1 fully saturated rings. The molecular weight excluding hydrogens is 785 g/mol. The second-order valence-electron chi connectivity index (χ2n) is 15.7. The summed E-state index contributed by atoms with van der Waals surface area (Å²) in [5, 5.41) is 0. The quantitative estimate of drug-likeness (QED) is 0.0233. The molecule has 0 bridgehead atoms. The van der Waals surface area contributed by atoms with Crippen molar-refractivity contribution >= 4 is 35.8 Å². The minimum atomic E-state index is -1.63. The average molecular weight is 849 g/mol. The summed E-state index contributed by atoms with van der Waals surface area (Å²) >= 11 is 0. The fraction of sp³-hybridized carbons (Fsp3) is 0.542. The highest BCUT2D eigenvalue weighted by Crippen LogP contribution is 2.41. The summed E-state index contributed by atoms with van der Waals surface area (Å²) < 4.78 is 38.2. The molecular formula is C48H64O13. The predicted octanol–water partition coefficient (Wildman–Crippen LogP) is 8.73. The predicted molar refractivity (Wildman–Crippen MR) is 229 cm³/mol. The van der Waals surface area contributed by atoms with Gasteiger partial charge in [0.2, 0.25) is 0 Å². The number of hydrogen-bond acceptors (Lipinski definition) is 13. The molecule has 2 aromatic carbocycles. The lowest BCUT2D eigenvalue weighted by molar-refractivity contribution is -0.166. The zero-order valence-electron chi connectivity index (χ0n) is 36.9. The van der Waals surface area contributed by atoms with Gasteiger partial charge in [-0.3, -0.25) is 19.2 Å². The van der Waals surface area contributed by atoms with Crippen LogP contribution in [0.15, 0.2) is 60.7 Å². The minimum Gasteiger partial charge on any atom is -0.489 e. The lowest BCUT2D eigenvalue weighted by atomic mass is 9.76. The zero-order valence-corrected chi connectivity index (χ0v) is 36.9. The van der Waals surface area contributed by atoms with Crippen LogP contribution in [0.2, 0.25) is 0 Å². The van der Waals surface area contributed by atoms with Crippen molar-refractivity contribution in [1.82, 2.24) is 0 Å². The fourth-order valence-corrected chi connectivity index (χ4v) is 7.02. The Morgan fingerprint density at radius 1 is 0.639 bits per heavy atom. The van der Waals surface area contributed by atoms with Crippen LogP contribution in [-0.4, -0.2) is 75.5 Å². The highest BCUT2D eigenvalue weighted by molar-refractivity contribution is 5.92. The van der Waals surface area contributed by atoms with Crippen LogP contribution in [0.4, 0.5) is 0 Å². The monoisotopic (exact) mass is 848 g/mol. The Bertz CT molecular complexity index is 1820. The summed E-state index contributed by atoms with van der Waals surface area (Å²) in [6.07, 6.45) is 9.34. The Kier molecular flexibility index (Phi) is 20.7. The number of ether oxygens (including phenoxy) is 7. The van der Waals surface area contributed by atoms with Crippen molar-refractivity contribution in [3.05, 3.63) is 71.8 Å². The summed E-state index contributed by atoms with van der Waals surface area (Å²) in [7, 11) is 0. The smallest absolute Gasteiger partial charge is 0.338 e. The maximum absolute atomic E-state index is 13.0. The van der Waals surface area contributed by atoms with Crippen LogP contribution < -0.4 is 9.47 Å². The van der Waals surface area contributed by atoms with Gasteiger partial charge in [-0.1, -0.05) is 77.0 Å². The molecule has 0 aliphatic heterocycles. The van der Waals surface area contributed by atoms with Crippen LogP contribution >= 0.6 is 0 Å². The molecule has 0 unspecified atom stereocenters. The number of benzene rings is 2. The van der Waals surface area contributed by atoms with Gasteiger partial charge < -0.3 is 33.2 Å². The van der Waals surface area contributed by atoms with Crippen LogP contribution in [0.1, 0.15) is 123 Å². The number of unbranched alkanes of at least 4 members (excludes halogenated alkanes) is 2.